The average Bonchev–Trinajstić information content (AvgIpc) is 2.72. The molecule has 2 aliphatic rings. The Morgan fingerprint density at radius 2 is 2.06 bits per heavy atom. The summed E-state index contributed by atoms with van der Waals surface area (Å²) in [6.45, 7) is 7.88. The number of nitrogens with two attached hydrogens (primary N) is 1. The lowest BCUT2D eigenvalue weighted by atomic mass is 9.70. The molecule has 0 bridgehead atoms. The standard InChI is InChI=1S/C14H28N2O/c1-10-5-6-12(9-11(10)2)13(16-15)14(3)7-4-8-17-14/h10-13,16H,4-9,15H2,1-3H3. The molecule has 3 heteroatoms. The number of nitrogens with one attached hydrogen (secondary N) is 1. The maximum absolute atomic E-state index is 5.97. The van der Waals surface area contributed by atoms with Crippen LogP contribution in [0, 0.1) is 17.8 Å². The lowest BCUT2D eigenvalue weighted by molar-refractivity contribution is -0.0394. The van der Waals surface area contributed by atoms with Crippen molar-refractivity contribution < 1.29 is 4.74 Å². The van der Waals surface area contributed by atoms with Crippen molar-refractivity contribution in [3.63, 3.8) is 0 Å². The Balaban J connectivity index is 2.03. The van der Waals surface area contributed by atoms with Gasteiger partial charge >= 0.3 is 0 Å². The van der Waals surface area contributed by atoms with E-state index in [-0.39, 0.29) is 5.60 Å². The zero-order valence-electron chi connectivity index (χ0n) is 11.5. The van der Waals surface area contributed by atoms with E-state index >= 15 is 0 Å². The molecule has 1 aliphatic carbocycles. The van der Waals surface area contributed by atoms with Crippen LogP contribution in [0.3, 0.4) is 0 Å². The second kappa shape index (κ2) is 5.25. The molecule has 1 aliphatic heterocycles. The van der Waals surface area contributed by atoms with E-state index in [2.05, 4.69) is 26.2 Å². The molecular weight excluding hydrogens is 212 g/mol. The van der Waals surface area contributed by atoms with Crippen LogP contribution in [0.5, 0.6) is 0 Å². The third kappa shape index (κ3) is 2.67. The Morgan fingerprint density at radius 1 is 1.29 bits per heavy atom. The summed E-state index contributed by atoms with van der Waals surface area (Å²) < 4.78 is 5.97. The van der Waals surface area contributed by atoms with Crippen molar-refractivity contribution in [2.75, 3.05) is 6.61 Å². The van der Waals surface area contributed by atoms with Gasteiger partial charge in [-0.3, -0.25) is 11.3 Å². The summed E-state index contributed by atoms with van der Waals surface area (Å²) in [5, 5.41) is 0. The van der Waals surface area contributed by atoms with Crippen LogP contribution >= 0.6 is 0 Å². The summed E-state index contributed by atoms with van der Waals surface area (Å²) >= 11 is 0. The van der Waals surface area contributed by atoms with E-state index in [1.165, 1.54) is 25.7 Å². The first-order chi connectivity index (χ1) is 8.07. The average molecular weight is 240 g/mol. The Labute approximate surface area is 105 Å². The lowest BCUT2D eigenvalue weighted by Gasteiger charge is -2.43. The molecule has 1 saturated carbocycles. The van der Waals surface area contributed by atoms with E-state index in [4.69, 9.17) is 10.6 Å². The molecule has 0 aromatic carbocycles. The highest BCUT2D eigenvalue weighted by Crippen LogP contribution is 2.40. The predicted molar refractivity (Wildman–Crippen MR) is 70.4 cm³/mol. The summed E-state index contributed by atoms with van der Waals surface area (Å²) in [5.74, 6) is 8.17. The second-order valence-electron chi connectivity index (χ2n) is 6.44. The topological polar surface area (TPSA) is 47.3 Å². The third-order valence-corrected chi connectivity index (χ3v) is 5.20. The van der Waals surface area contributed by atoms with E-state index in [9.17, 15) is 0 Å². The number of hydrogen-bond acceptors (Lipinski definition) is 3. The van der Waals surface area contributed by atoms with Crippen molar-refractivity contribution in [2.45, 2.75) is 64.5 Å². The highest BCUT2D eigenvalue weighted by atomic mass is 16.5. The first-order valence-corrected chi connectivity index (χ1v) is 7.17. The minimum atomic E-state index is -0.0419. The highest BCUT2D eigenvalue weighted by molar-refractivity contribution is 4.97. The third-order valence-electron chi connectivity index (χ3n) is 5.20. The van der Waals surface area contributed by atoms with Crippen LogP contribution < -0.4 is 11.3 Å². The molecule has 100 valence electrons. The van der Waals surface area contributed by atoms with Gasteiger partial charge in [0.15, 0.2) is 0 Å². The highest BCUT2D eigenvalue weighted by Gasteiger charge is 2.43. The molecule has 2 rings (SSSR count). The molecule has 0 aromatic heterocycles. The number of hydrogen-bond donors (Lipinski definition) is 2. The maximum atomic E-state index is 5.97. The van der Waals surface area contributed by atoms with E-state index < -0.39 is 0 Å². The van der Waals surface area contributed by atoms with Crippen molar-refractivity contribution in [1.82, 2.24) is 5.43 Å². The van der Waals surface area contributed by atoms with Gasteiger partial charge in [0.2, 0.25) is 0 Å². The van der Waals surface area contributed by atoms with Gasteiger partial charge in [0.25, 0.3) is 0 Å². The SMILES string of the molecule is CC1CCC(C(NN)C2(C)CCCO2)CC1C. The van der Waals surface area contributed by atoms with Gasteiger partial charge in [-0.05, 0) is 50.4 Å². The maximum Gasteiger partial charge on any atom is 0.0823 e. The molecule has 1 saturated heterocycles. The first-order valence-electron chi connectivity index (χ1n) is 7.17. The Bertz CT molecular complexity index is 251. The summed E-state index contributed by atoms with van der Waals surface area (Å²) in [6.07, 6.45) is 6.23. The van der Waals surface area contributed by atoms with Gasteiger partial charge in [-0.2, -0.15) is 0 Å². The van der Waals surface area contributed by atoms with Gasteiger partial charge in [0.1, 0.15) is 0 Å². The largest absolute Gasteiger partial charge is 0.374 e. The molecular formula is C14H28N2O. The van der Waals surface area contributed by atoms with Gasteiger partial charge in [0, 0.05) is 6.61 Å². The van der Waals surface area contributed by atoms with Crippen molar-refractivity contribution in [2.24, 2.45) is 23.6 Å². The van der Waals surface area contributed by atoms with Gasteiger partial charge in [0.05, 0.1) is 11.6 Å². The fraction of sp³-hybridized carbons (Fsp3) is 1.00. The van der Waals surface area contributed by atoms with Gasteiger partial charge in [-0.15, -0.1) is 0 Å². The minimum absolute atomic E-state index is 0.0419. The smallest absolute Gasteiger partial charge is 0.0823 e. The number of rotatable bonds is 3. The van der Waals surface area contributed by atoms with Gasteiger partial charge in [-0.1, -0.05) is 20.3 Å². The number of hydrazine groups is 1. The van der Waals surface area contributed by atoms with E-state index in [1.807, 2.05) is 0 Å². The summed E-state index contributed by atoms with van der Waals surface area (Å²) in [6, 6.07) is 0.319. The Morgan fingerprint density at radius 3 is 2.59 bits per heavy atom. The second-order valence-corrected chi connectivity index (χ2v) is 6.44. The van der Waals surface area contributed by atoms with Crippen molar-refractivity contribution in [3.8, 4) is 0 Å². The quantitative estimate of drug-likeness (QED) is 0.588. The van der Waals surface area contributed by atoms with Gasteiger partial charge < -0.3 is 4.74 Å². The molecule has 0 spiro atoms. The van der Waals surface area contributed by atoms with E-state index in [0.717, 1.165) is 24.9 Å². The molecule has 0 aromatic rings. The van der Waals surface area contributed by atoms with Crippen molar-refractivity contribution >= 4 is 0 Å². The zero-order valence-corrected chi connectivity index (χ0v) is 11.5. The molecule has 17 heavy (non-hydrogen) atoms. The van der Waals surface area contributed by atoms with Crippen LogP contribution in [0.25, 0.3) is 0 Å². The van der Waals surface area contributed by atoms with Crippen LogP contribution in [0.15, 0.2) is 0 Å². The van der Waals surface area contributed by atoms with Crippen LogP contribution in [0.4, 0.5) is 0 Å². The fourth-order valence-electron chi connectivity index (χ4n) is 3.75. The summed E-state index contributed by atoms with van der Waals surface area (Å²) in [5.41, 5.74) is 3.02. The molecule has 5 unspecified atom stereocenters. The molecule has 3 nitrogen and oxygen atoms in total. The van der Waals surface area contributed by atoms with Crippen molar-refractivity contribution in [1.29, 1.82) is 0 Å². The van der Waals surface area contributed by atoms with Gasteiger partial charge in [-0.25, -0.2) is 0 Å². The van der Waals surface area contributed by atoms with Crippen LogP contribution in [-0.4, -0.2) is 18.2 Å². The molecule has 0 radical (unpaired) electrons. The summed E-state index contributed by atoms with van der Waals surface area (Å²) in [7, 11) is 0. The molecule has 1 heterocycles. The zero-order chi connectivity index (χ0) is 12.5. The van der Waals surface area contributed by atoms with E-state index in [1.54, 1.807) is 0 Å². The molecule has 5 atom stereocenters. The van der Waals surface area contributed by atoms with E-state index in [0.29, 0.717) is 12.0 Å². The summed E-state index contributed by atoms with van der Waals surface area (Å²) in [4.78, 5) is 0. The Kier molecular flexibility index (Phi) is 4.11. The van der Waals surface area contributed by atoms with Crippen molar-refractivity contribution in [3.05, 3.63) is 0 Å². The molecule has 0 amide bonds. The normalized spacial score (nSPS) is 44.8. The van der Waals surface area contributed by atoms with Crippen LogP contribution in [0.1, 0.15) is 52.9 Å². The fourth-order valence-corrected chi connectivity index (χ4v) is 3.75. The van der Waals surface area contributed by atoms with Crippen LogP contribution in [0.2, 0.25) is 0 Å². The minimum Gasteiger partial charge on any atom is -0.374 e. The number of ether oxygens (including phenoxy) is 1. The lowest BCUT2D eigenvalue weighted by Crippen LogP contribution is -2.56. The molecule has 2 fully saturated rings. The molecule has 3 N–H and O–H groups in total. The first kappa shape index (κ1) is 13.3. The monoisotopic (exact) mass is 240 g/mol. The Hall–Kier alpha value is -0.120. The van der Waals surface area contributed by atoms with Crippen LogP contribution in [-0.2, 0) is 4.74 Å². The predicted octanol–water partition coefficient (Wildman–Crippen LogP) is 2.46.